The van der Waals surface area contributed by atoms with E-state index in [9.17, 15) is 0 Å². The Labute approximate surface area is 620 Å². The zero-order valence-electron chi connectivity index (χ0n) is 58.4. The second-order valence-corrected chi connectivity index (χ2v) is 29.1. The fourth-order valence-electron chi connectivity index (χ4n) is 20.0. The zero-order valence-corrected chi connectivity index (χ0v) is 58.4. The summed E-state index contributed by atoms with van der Waals surface area (Å²) in [5, 5.41) is 0. The smallest absolute Gasteiger partial charge is 0.0622 e. The van der Waals surface area contributed by atoms with Crippen molar-refractivity contribution in [2.45, 2.75) is 21.7 Å². The van der Waals surface area contributed by atoms with Crippen LogP contribution in [0.4, 0.5) is 0 Å². The molecule has 0 unspecified atom stereocenters. The maximum absolute atomic E-state index is 2.60. The van der Waals surface area contributed by atoms with Crippen molar-refractivity contribution in [2.24, 2.45) is 0 Å². The third-order valence-corrected chi connectivity index (χ3v) is 24.2. The third-order valence-electron chi connectivity index (χ3n) is 24.2. The van der Waals surface area contributed by atoms with Crippen LogP contribution in [0.25, 0.3) is 89.0 Å². The van der Waals surface area contributed by atoms with E-state index in [-0.39, 0.29) is 0 Å². The summed E-state index contributed by atoms with van der Waals surface area (Å²) in [6, 6.07) is 162. The average Bonchev–Trinajstić information content (AvgIpc) is 1.54. The van der Waals surface area contributed by atoms with Gasteiger partial charge in [-0.2, -0.15) is 0 Å². The zero-order chi connectivity index (χ0) is 70.0. The lowest BCUT2D eigenvalue weighted by atomic mass is 9.67. The summed E-state index contributed by atoms with van der Waals surface area (Å²) in [6.45, 7) is 0. The topological polar surface area (TPSA) is 0 Å². The van der Waals surface area contributed by atoms with Crippen molar-refractivity contribution in [3.8, 4) is 89.0 Å². The Bertz CT molecular complexity index is 5350. The van der Waals surface area contributed by atoms with Crippen LogP contribution in [0.1, 0.15) is 89.0 Å². The van der Waals surface area contributed by atoms with Crippen molar-refractivity contribution in [1.82, 2.24) is 0 Å². The highest BCUT2D eigenvalue weighted by molar-refractivity contribution is 6.01. The van der Waals surface area contributed by atoms with E-state index in [1.807, 2.05) is 0 Å². The van der Waals surface area contributed by atoms with Crippen LogP contribution in [-0.2, 0) is 21.7 Å². The predicted molar refractivity (Wildman–Crippen MR) is 437 cm³/mol. The highest BCUT2D eigenvalue weighted by atomic mass is 14.5. The van der Waals surface area contributed by atoms with Gasteiger partial charge in [0.2, 0.25) is 0 Å². The lowest BCUT2D eigenvalue weighted by Crippen LogP contribution is -2.28. The molecule has 4 aliphatic rings. The van der Waals surface area contributed by atoms with Gasteiger partial charge in [0, 0.05) is 0 Å². The van der Waals surface area contributed by atoms with Crippen molar-refractivity contribution < 1.29 is 0 Å². The van der Waals surface area contributed by atoms with Crippen LogP contribution in [0.15, 0.2) is 425 Å². The monoisotopic (exact) mass is 1340 g/mol. The molecular formula is C106H70. The average molecular weight is 1340 g/mol. The lowest BCUT2D eigenvalue weighted by molar-refractivity contribution is 0.768. The van der Waals surface area contributed by atoms with Gasteiger partial charge in [-0.15, -0.1) is 0 Å². The molecule has 0 heterocycles. The summed E-state index contributed by atoms with van der Waals surface area (Å²) in [5.74, 6) is 0. The summed E-state index contributed by atoms with van der Waals surface area (Å²) in [7, 11) is 0. The minimum absolute atomic E-state index is 0.642. The van der Waals surface area contributed by atoms with Crippen LogP contribution in [-0.4, -0.2) is 0 Å². The fourth-order valence-corrected chi connectivity index (χ4v) is 20.0. The number of rotatable bonds is 12. The van der Waals surface area contributed by atoms with Gasteiger partial charge >= 0.3 is 0 Å². The number of hydrogen-bond donors (Lipinski definition) is 0. The summed E-state index contributed by atoms with van der Waals surface area (Å²) in [4.78, 5) is 0. The maximum Gasteiger partial charge on any atom is 0.0713 e. The van der Waals surface area contributed by atoms with Crippen molar-refractivity contribution >= 4 is 0 Å². The standard InChI is InChI=1S/C106H70/c1-9-33-75(34-10-1)103(76-35-11-2-12-36-76)95-53-29-25-49-83(95)87-61-57-71(65-99(87)103)91-69-93(73-59-63-89-85-51-27-31-55-97(85)105(101(89)67-73,79-41-17-5-18-42-79)80-43-19-6-20-44-80)94(74-60-64-90-86-52-28-32-56-98(86)106(102(90)68-74,81-45-21-7-22-46-81)82-47-23-8-24-48-82)70-92(91)72-58-62-88-84-50-26-30-54-96(84)104(100(88)66-72,77-37-13-3-14-38-77)78-39-15-4-16-40-78/h1-70H. The molecular weight excluding hydrogens is 1270 g/mol. The number of hydrogen-bond acceptors (Lipinski definition) is 0. The first kappa shape index (κ1) is 61.4. The third kappa shape index (κ3) is 8.64. The molecule has 0 saturated carbocycles. The lowest BCUT2D eigenvalue weighted by Gasteiger charge is -2.34. The van der Waals surface area contributed by atoms with E-state index in [1.54, 1.807) is 0 Å². The highest BCUT2D eigenvalue weighted by Crippen LogP contribution is 2.63. The van der Waals surface area contributed by atoms with Crippen LogP contribution in [0.3, 0.4) is 0 Å². The largest absolute Gasteiger partial charge is 0.0713 e. The Balaban J connectivity index is 0.906. The molecule has 0 heteroatoms. The SMILES string of the molecule is c1ccc(C2(c3ccccc3)c3ccccc3-c3ccc(-c4cc(-c5ccc6c(c5)C(c5ccccc5)(c5ccccc5)c5ccccc5-6)c(-c5ccc6c(c5)C(c5ccccc5)(c5ccccc5)c5ccccc5-6)cc4-c4ccc5c(c4)C(c4ccccc4)(c4ccccc4)c4ccccc4-5)cc32)cc1. The van der Waals surface area contributed by atoms with Crippen molar-refractivity contribution in [1.29, 1.82) is 0 Å². The van der Waals surface area contributed by atoms with Crippen LogP contribution in [0.5, 0.6) is 0 Å². The first-order chi connectivity index (χ1) is 52.6. The van der Waals surface area contributed by atoms with Gasteiger partial charge in [0.25, 0.3) is 0 Å². The summed E-state index contributed by atoms with van der Waals surface area (Å²) < 4.78 is 0. The molecule has 0 N–H and O–H groups in total. The van der Waals surface area contributed by atoms with Gasteiger partial charge in [-0.25, -0.2) is 0 Å². The van der Waals surface area contributed by atoms with Crippen LogP contribution < -0.4 is 0 Å². The Morgan fingerprint density at radius 1 is 0.104 bits per heavy atom. The second-order valence-electron chi connectivity index (χ2n) is 29.1. The molecule has 0 bridgehead atoms. The summed E-state index contributed by atoms with van der Waals surface area (Å²) >= 11 is 0. The molecule has 0 aromatic heterocycles. The van der Waals surface area contributed by atoms with Crippen molar-refractivity contribution in [3.63, 3.8) is 0 Å². The van der Waals surface area contributed by atoms with Crippen molar-refractivity contribution in [2.75, 3.05) is 0 Å². The molecule has 21 rings (SSSR count). The van der Waals surface area contributed by atoms with Crippen molar-refractivity contribution in [3.05, 3.63) is 514 Å². The van der Waals surface area contributed by atoms with E-state index in [0.717, 1.165) is 44.5 Å². The Morgan fingerprint density at radius 2 is 0.255 bits per heavy atom. The van der Waals surface area contributed by atoms with Gasteiger partial charge in [-0.1, -0.05) is 388 Å². The van der Waals surface area contributed by atoms with Gasteiger partial charge in [-0.3, -0.25) is 0 Å². The normalized spacial score (nSPS) is 14.3. The number of benzene rings is 17. The van der Waals surface area contributed by atoms with Gasteiger partial charge in [0.1, 0.15) is 0 Å². The molecule has 0 atom stereocenters. The van der Waals surface area contributed by atoms with E-state index in [4.69, 9.17) is 0 Å². The molecule has 17 aromatic carbocycles. The Morgan fingerprint density at radius 3 is 0.434 bits per heavy atom. The first-order valence-corrected chi connectivity index (χ1v) is 37.2. The summed E-state index contributed by atoms with van der Waals surface area (Å²) in [6.07, 6.45) is 0. The molecule has 17 aromatic rings. The molecule has 0 radical (unpaired) electrons. The van der Waals surface area contributed by atoms with E-state index in [1.165, 1.54) is 134 Å². The van der Waals surface area contributed by atoms with Gasteiger partial charge in [-0.05, 0) is 214 Å². The maximum atomic E-state index is 2.60. The molecule has 0 saturated heterocycles. The number of fused-ring (bicyclic) bond motifs is 12. The van der Waals surface area contributed by atoms with Gasteiger partial charge in [0.15, 0.2) is 0 Å². The molecule has 106 heavy (non-hydrogen) atoms. The second kappa shape index (κ2) is 24.2. The van der Waals surface area contributed by atoms with Gasteiger partial charge < -0.3 is 0 Å². The Hall–Kier alpha value is -13.3. The summed E-state index contributed by atoms with van der Waals surface area (Å²) in [5.41, 5.74) is 36.6. The van der Waals surface area contributed by atoms with E-state index in [0.29, 0.717) is 0 Å². The quantitative estimate of drug-likeness (QED) is 0.114. The van der Waals surface area contributed by atoms with Gasteiger partial charge in [0.05, 0.1) is 21.7 Å². The Kier molecular flexibility index (Phi) is 14.0. The van der Waals surface area contributed by atoms with Crippen LogP contribution in [0.2, 0.25) is 0 Å². The molecule has 494 valence electrons. The fraction of sp³-hybridized carbons (Fsp3) is 0.0377. The molecule has 0 nitrogen and oxygen atoms in total. The minimum Gasteiger partial charge on any atom is -0.0622 e. The van der Waals surface area contributed by atoms with E-state index >= 15 is 0 Å². The highest BCUT2D eigenvalue weighted by Gasteiger charge is 2.51. The van der Waals surface area contributed by atoms with Crippen LogP contribution in [0, 0.1) is 0 Å². The first-order valence-electron chi connectivity index (χ1n) is 37.2. The minimum atomic E-state index is -0.642. The van der Waals surface area contributed by atoms with E-state index < -0.39 is 21.7 Å². The molecule has 0 aliphatic heterocycles. The van der Waals surface area contributed by atoms with E-state index in [2.05, 4.69) is 425 Å². The molecule has 0 spiro atoms. The van der Waals surface area contributed by atoms with Crippen LogP contribution >= 0.6 is 0 Å². The predicted octanol–water partition coefficient (Wildman–Crippen LogP) is 25.8. The molecule has 0 amide bonds. The molecule has 4 aliphatic carbocycles. The molecule has 0 fully saturated rings.